The third-order valence-corrected chi connectivity index (χ3v) is 3.03. The number of amides is 1. The molecule has 21 heavy (non-hydrogen) atoms. The van der Waals surface area contributed by atoms with Gasteiger partial charge in [0.25, 0.3) is 5.91 Å². The van der Waals surface area contributed by atoms with Crippen molar-refractivity contribution in [1.82, 2.24) is 15.3 Å². The maximum Gasteiger partial charge on any atom is 0.252 e. The number of aromatic nitrogens is 2. The number of carbonyl (C=O) groups excluding carboxylic acids is 1. The molecule has 0 aliphatic heterocycles. The third kappa shape index (κ3) is 4.26. The molecule has 2 aromatic heterocycles. The van der Waals surface area contributed by atoms with Crippen LogP contribution in [0.15, 0.2) is 41.3 Å². The molecule has 0 unspecified atom stereocenters. The molecule has 2 heterocycles. The van der Waals surface area contributed by atoms with Crippen LogP contribution in [-0.2, 0) is 0 Å². The van der Waals surface area contributed by atoms with Crippen molar-refractivity contribution in [2.45, 2.75) is 0 Å². The maximum atomic E-state index is 11.9. The Kier molecular flexibility index (Phi) is 5.23. The van der Waals surface area contributed by atoms with Crippen LogP contribution in [0.3, 0.4) is 0 Å². The van der Waals surface area contributed by atoms with Gasteiger partial charge in [0.2, 0.25) is 0 Å². The molecule has 2 aromatic rings. The number of anilines is 1. The number of nitrogens with one attached hydrogen (secondary N) is 2. The first-order chi connectivity index (χ1) is 10.2. The highest BCUT2D eigenvalue weighted by Crippen LogP contribution is 2.10. The first kappa shape index (κ1) is 14.9. The second-order valence-corrected chi connectivity index (χ2v) is 5.00. The minimum absolute atomic E-state index is 0.202. The Hall–Kier alpha value is -2.46. The fourth-order valence-corrected chi connectivity index (χ4v) is 2.00. The van der Waals surface area contributed by atoms with E-state index in [4.69, 9.17) is 5.26 Å². The second kappa shape index (κ2) is 7.36. The number of rotatable bonds is 5. The summed E-state index contributed by atoms with van der Waals surface area (Å²) in [7, 11) is 0. The first-order valence-electron chi connectivity index (χ1n) is 6.18. The van der Waals surface area contributed by atoms with Crippen LogP contribution in [0, 0.1) is 11.3 Å². The van der Waals surface area contributed by atoms with E-state index in [-0.39, 0.29) is 5.91 Å². The number of pyridine rings is 2. The Morgan fingerprint density at radius 2 is 2.24 bits per heavy atom. The van der Waals surface area contributed by atoms with Gasteiger partial charge in [0.1, 0.15) is 11.9 Å². The van der Waals surface area contributed by atoms with Gasteiger partial charge in [-0.25, -0.2) is 4.98 Å². The van der Waals surface area contributed by atoms with Gasteiger partial charge >= 0.3 is 0 Å². The molecule has 0 radical (unpaired) electrons. The largest absolute Gasteiger partial charge is 0.367 e. The van der Waals surface area contributed by atoms with Crippen molar-refractivity contribution in [2.24, 2.45) is 0 Å². The van der Waals surface area contributed by atoms with Crippen LogP contribution < -0.4 is 10.6 Å². The SMILES string of the molecule is N#Cc1cccnc1NCCNC(=O)c1cncc(Br)c1. The summed E-state index contributed by atoms with van der Waals surface area (Å²) in [6.07, 6.45) is 4.72. The van der Waals surface area contributed by atoms with Crippen molar-refractivity contribution >= 4 is 27.7 Å². The van der Waals surface area contributed by atoms with E-state index in [1.807, 2.05) is 0 Å². The van der Waals surface area contributed by atoms with Crippen molar-refractivity contribution < 1.29 is 4.79 Å². The quantitative estimate of drug-likeness (QED) is 0.808. The lowest BCUT2D eigenvalue weighted by molar-refractivity contribution is 0.0954. The molecule has 2 rings (SSSR count). The molecule has 2 N–H and O–H groups in total. The number of nitriles is 1. The molecule has 0 aromatic carbocycles. The van der Waals surface area contributed by atoms with Crippen LogP contribution in [0.25, 0.3) is 0 Å². The molecule has 0 bridgehead atoms. The van der Waals surface area contributed by atoms with Gasteiger partial charge in [-0.2, -0.15) is 5.26 Å². The summed E-state index contributed by atoms with van der Waals surface area (Å²) >= 11 is 3.27. The summed E-state index contributed by atoms with van der Waals surface area (Å²) in [5.41, 5.74) is 0.958. The van der Waals surface area contributed by atoms with E-state index in [0.717, 1.165) is 4.47 Å². The summed E-state index contributed by atoms with van der Waals surface area (Å²) in [4.78, 5) is 19.9. The molecule has 7 heteroatoms. The standard InChI is InChI=1S/C14H12BrN5O/c15-12-6-11(8-17-9-12)14(21)20-5-4-19-13-10(7-16)2-1-3-18-13/h1-3,6,8-9H,4-5H2,(H,18,19)(H,20,21). The predicted octanol–water partition coefficient (Wildman–Crippen LogP) is 1.95. The first-order valence-corrected chi connectivity index (χ1v) is 6.98. The van der Waals surface area contributed by atoms with Gasteiger partial charge in [-0.3, -0.25) is 9.78 Å². The monoisotopic (exact) mass is 345 g/mol. The van der Waals surface area contributed by atoms with Gasteiger partial charge in [0, 0.05) is 36.2 Å². The lowest BCUT2D eigenvalue weighted by Gasteiger charge is -2.08. The highest BCUT2D eigenvalue weighted by Gasteiger charge is 2.06. The van der Waals surface area contributed by atoms with Crippen molar-refractivity contribution in [2.75, 3.05) is 18.4 Å². The molecule has 1 amide bonds. The van der Waals surface area contributed by atoms with Crippen LogP contribution in [0.4, 0.5) is 5.82 Å². The van der Waals surface area contributed by atoms with Crippen molar-refractivity contribution in [3.8, 4) is 6.07 Å². The third-order valence-electron chi connectivity index (χ3n) is 2.60. The van der Waals surface area contributed by atoms with E-state index in [1.165, 1.54) is 6.20 Å². The molecular formula is C14H12BrN5O. The molecule has 0 aliphatic rings. The van der Waals surface area contributed by atoms with Gasteiger partial charge in [0.15, 0.2) is 0 Å². The zero-order valence-electron chi connectivity index (χ0n) is 11.0. The summed E-state index contributed by atoms with van der Waals surface area (Å²) in [5, 5.41) is 14.7. The molecule has 0 saturated carbocycles. The minimum atomic E-state index is -0.202. The van der Waals surface area contributed by atoms with Crippen molar-refractivity contribution in [3.05, 3.63) is 52.4 Å². The van der Waals surface area contributed by atoms with E-state index < -0.39 is 0 Å². The molecule has 6 nitrogen and oxygen atoms in total. The molecule has 0 atom stereocenters. The number of carbonyl (C=O) groups is 1. The Morgan fingerprint density at radius 1 is 1.38 bits per heavy atom. The van der Waals surface area contributed by atoms with Gasteiger partial charge in [-0.05, 0) is 34.1 Å². The number of hydrogen-bond acceptors (Lipinski definition) is 5. The van der Waals surface area contributed by atoms with Crippen LogP contribution in [0.1, 0.15) is 15.9 Å². The van der Waals surface area contributed by atoms with Gasteiger partial charge in [0.05, 0.1) is 11.1 Å². The highest BCUT2D eigenvalue weighted by molar-refractivity contribution is 9.10. The van der Waals surface area contributed by atoms with Crippen LogP contribution in [0.5, 0.6) is 0 Å². The van der Waals surface area contributed by atoms with E-state index in [9.17, 15) is 4.79 Å². The summed E-state index contributed by atoms with van der Waals surface area (Å²) in [6.45, 7) is 0.881. The Labute approximate surface area is 130 Å². The zero-order chi connectivity index (χ0) is 15.1. The highest BCUT2D eigenvalue weighted by atomic mass is 79.9. The van der Waals surface area contributed by atoms with Gasteiger partial charge < -0.3 is 10.6 Å². The second-order valence-electron chi connectivity index (χ2n) is 4.09. The average molecular weight is 346 g/mol. The summed E-state index contributed by atoms with van der Waals surface area (Å²) in [5.74, 6) is 0.311. The Bertz CT molecular complexity index is 683. The number of nitrogens with zero attached hydrogens (tertiary/aromatic N) is 3. The fraction of sp³-hybridized carbons (Fsp3) is 0.143. The van der Waals surface area contributed by atoms with Crippen LogP contribution in [-0.4, -0.2) is 29.0 Å². The molecule has 0 spiro atoms. The lowest BCUT2D eigenvalue weighted by atomic mass is 10.2. The summed E-state index contributed by atoms with van der Waals surface area (Å²) < 4.78 is 0.750. The smallest absolute Gasteiger partial charge is 0.252 e. The molecule has 0 aliphatic carbocycles. The van der Waals surface area contributed by atoms with Crippen LogP contribution in [0.2, 0.25) is 0 Å². The minimum Gasteiger partial charge on any atom is -0.367 e. The lowest BCUT2D eigenvalue weighted by Crippen LogP contribution is -2.29. The molecule has 0 saturated heterocycles. The number of hydrogen-bond donors (Lipinski definition) is 2. The topological polar surface area (TPSA) is 90.7 Å². The molecule has 106 valence electrons. The molecule has 0 fully saturated rings. The van der Waals surface area contributed by atoms with Crippen molar-refractivity contribution in [1.29, 1.82) is 5.26 Å². The van der Waals surface area contributed by atoms with Gasteiger partial charge in [-0.15, -0.1) is 0 Å². The van der Waals surface area contributed by atoms with E-state index in [1.54, 1.807) is 30.6 Å². The average Bonchev–Trinajstić information content (AvgIpc) is 2.51. The Balaban J connectivity index is 1.82. The molecular weight excluding hydrogens is 334 g/mol. The van der Waals surface area contributed by atoms with E-state index in [0.29, 0.717) is 30.0 Å². The van der Waals surface area contributed by atoms with Crippen molar-refractivity contribution in [3.63, 3.8) is 0 Å². The van der Waals surface area contributed by atoms with E-state index in [2.05, 4.69) is 42.6 Å². The fourth-order valence-electron chi connectivity index (χ4n) is 1.63. The maximum absolute atomic E-state index is 11.9. The zero-order valence-corrected chi connectivity index (χ0v) is 12.6. The van der Waals surface area contributed by atoms with E-state index >= 15 is 0 Å². The Morgan fingerprint density at radius 3 is 3.00 bits per heavy atom. The predicted molar refractivity (Wildman–Crippen MR) is 81.7 cm³/mol. The van der Waals surface area contributed by atoms with Crippen LogP contribution >= 0.6 is 15.9 Å². The normalized spacial score (nSPS) is 9.71. The van der Waals surface area contributed by atoms with Gasteiger partial charge in [-0.1, -0.05) is 0 Å². The number of halogens is 1. The summed E-state index contributed by atoms with van der Waals surface area (Å²) in [6, 6.07) is 7.13.